The van der Waals surface area contributed by atoms with Crippen molar-refractivity contribution in [3.8, 4) is 0 Å². The van der Waals surface area contributed by atoms with Gasteiger partial charge in [-0.25, -0.2) is 9.18 Å². The lowest BCUT2D eigenvalue weighted by Gasteiger charge is -2.39. The third-order valence-corrected chi connectivity index (χ3v) is 5.27. The van der Waals surface area contributed by atoms with Crippen molar-refractivity contribution in [2.75, 3.05) is 32.7 Å². The summed E-state index contributed by atoms with van der Waals surface area (Å²) in [6.07, 6.45) is 2.44. The minimum absolute atomic E-state index is 0.181. The Morgan fingerprint density at radius 1 is 1.38 bits per heavy atom. The third-order valence-electron chi connectivity index (χ3n) is 5.27. The van der Waals surface area contributed by atoms with Crippen LogP contribution in [0.2, 0.25) is 0 Å². The van der Waals surface area contributed by atoms with Gasteiger partial charge in [0.1, 0.15) is 11.4 Å². The van der Waals surface area contributed by atoms with Gasteiger partial charge in [-0.1, -0.05) is 0 Å². The predicted molar refractivity (Wildman–Crippen MR) is 111 cm³/mol. The van der Waals surface area contributed by atoms with Crippen LogP contribution in [-0.4, -0.2) is 71.2 Å². The van der Waals surface area contributed by atoms with Gasteiger partial charge in [0.2, 0.25) is 0 Å². The topological polar surface area (TPSA) is 73.0 Å². The molecular formula is C21H28FN5O2. The maximum atomic E-state index is 13.5. The van der Waals surface area contributed by atoms with Crippen molar-refractivity contribution >= 4 is 23.0 Å². The molecule has 29 heavy (non-hydrogen) atoms. The summed E-state index contributed by atoms with van der Waals surface area (Å²) in [7, 11) is 0. The third kappa shape index (κ3) is 4.31. The van der Waals surface area contributed by atoms with Crippen molar-refractivity contribution in [1.82, 2.24) is 20.1 Å². The van der Waals surface area contributed by atoms with Gasteiger partial charge in [-0.15, -0.1) is 0 Å². The maximum absolute atomic E-state index is 13.5. The molecule has 1 aromatic heterocycles. The highest BCUT2D eigenvalue weighted by Crippen LogP contribution is 2.21. The van der Waals surface area contributed by atoms with Crippen LogP contribution in [0.5, 0.6) is 0 Å². The number of benzene rings is 1. The van der Waals surface area contributed by atoms with Gasteiger partial charge in [0.25, 0.3) is 0 Å². The minimum Gasteiger partial charge on any atom is -0.444 e. The molecule has 8 heteroatoms. The van der Waals surface area contributed by atoms with Gasteiger partial charge in [0.05, 0.1) is 12.6 Å². The lowest BCUT2D eigenvalue weighted by molar-refractivity contribution is 0.0137. The van der Waals surface area contributed by atoms with Gasteiger partial charge in [-0.05, 0) is 51.0 Å². The lowest BCUT2D eigenvalue weighted by Crippen LogP contribution is -2.57. The number of aromatic amines is 1. The van der Waals surface area contributed by atoms with Crippen molar-refractivity contribution in [1.29, 1.82) is 0 Å². The van der Waals surface area contributed by atoms with E-state index in [1.165, 1.54) is 6.07 Å². The standard InChI is InChI=1S/C21H28FN5O2/c1-21(2,3)29-20(28)26-8-9-27-16(13-26)12-25-19(27)23-7-6-14-11-24-18-5-4-15(22)10-17(14)18/h4-5,10-11,16,24H,6-9,12-13H2,1-3H3,(H,23,25). The van der Waals surface area contributed by atoms with Gasteiger partial charge in [0, 0.05) is 43.3 Å². The van der Waals surface area contributed by atoms with Crippen molar-refractivity contribution in [2.24, 2.45) is 4.99 Å². The van der Waals surface area contributed by atoms with Gasteiger partial charge in [0.15, 0.2) is 5.96 Å². The van der Waals surface area contributed by atoms with E-state index in [-0.39, 0.29) is 18.0 Å². The SMILES string of the molecule is CC(C)(C)OC(=O)N1CCN2C(NCCc3c[nH]c4ccc(F)cc34)=NCC2C1. The summed E-state index contributed by atoms with van der Waals surface area (Å²) in [5.74, 6) is 0.655. The number of carbonyl (C=O) groups excluding carboxylic acids is 1. The van der Waals surface area contributed by atoms with Crippen LogP contribution >= 0.6 is 0 Å². The molecule has 3 heterocycles. The van der Waals surface area contributed by atoms with Crippen LogP contribution < -0.4 is 5.32 Å². The molecular weight excluding hydrogens is 373 g/mol. The molecule has 1 amide bonds. The van der Waals surface area contributed by atoms with Crippen LogP contribution in [0.1, 0.15) is 26.3 Å². The fourth-order valence-electron chi connectivity index (χ4n) is 3.89. The molecule has 2 aromatic rings. The fourth-order valence-corrected chi connectivity index (χ4v) is 3.89. The maximum Gasteiger partial charge on any atom is 0.410 e. The molecule has 2 N–H and O–H groups in total. The van der Waals surface area contributed by atoms with Crippen molar-refractivity contribution in [3.05, 3.63) is 35.8 Å². The zero-order chi connectivity index (χ0) is 20.6. The first-order valence-corrected chi connectivity index (χ1v) is 10.1. The monoisotopic (exact) mass is 401 g/mol. The summed E-state index contributed by atoms with van der Waals surface area (Å²) in [4.78, 5) is 24.1. The summed E-state index contributed by atoms with van der Waals surface area (Å²) in [5.41, 5.74) is 1.54. The molecule has 0 bridgehead atoms. The summed E-state index contributed by atoms with van der Waals surface area (Å²) in [6.45, 7) is 8.98. The number of ether oxygens (including phenoxy) is 1. The first kappa shape index (κ1) is 19.5. The summed E-state index contributed by atoms with van der Waals surface area (Å²) < 4.78 is 19.0. The Bertz CT molecular complexity index is 933. The average Bonchev–Trinajstić information content (AvgIpc) is 3.24. The molecule has 0 aliphatic carbocycles. The second-order valence-electron chi connectivity index (χ2n) is 8.62. The molecule has 1 fully saturated rings. The van der Waals surface area contributed by atoms with Crippen LogP contribution in [-0.2, 0) is 11.2 Å². The Balaban J connectivity index is 1.30. The summed E-state index contributed by atoms with van der Waals surface area (Å²) >= 11 is 0. The second-order valence-corrected chi connectivity index (χ2v) is 8.62. The molecule has 0 spiro atoms. The van der Waals surface area contributed by atoms with E-state index in [1.54, 1.807) is 17.0 Å². The highest BCUT2D eigenvalue weighted by Gasteiger charge is 2.36. The number of carbonyl (C=O) groups is 1. The number of hydrogen-bond donors (Lipinski definition) is 2. The zero-order valence-corrected chi connectivity index (χ0v) is 17.2. The molecule has 156 valence electrons. The molecule has 1 aromatic carbocycles. The van der Waals surface area contributed by atoms with Crippen molar-refractivity contribution in [2.45, 2.75) is 38.8 Å². The van der Waals surface area contributed by atoms with Crippen molar-refractivity contribution in [3.63, 3.8) is 0 Å². The minimum atomic E-state index is -0.488. The number of amides is 1. The van der Waals surface area contributed by atoms with Gasteiger partial charge in [-0.3, -0.25) is 4.99 Å². The number of guanidine groups is 1. The van der Waals surface area contributed by atoms with E-state index in [9.17, 15) is 9.18 Å². The number of rotatable bonds is 3. The number of halogens is 1. The van der Waals surface area contributed by atoms with E-state index in [2.05, 4.69) is 20.2 Å². The molecule has 1 saturated heterocycles. The Labute approximate surface area is 169 Å². The summed E-state index contributed by atoms with van der Waals surface area (Å²) in [6, 6.07) is 4.98. The number of fused-ring (bicyclic) bond motifs is 2. The number of aromatic nitrogens is 1. The fraction of sp³-hybridized carbons (Fsp3) is 0.524. The van der Waals surface area contributed by atoms with Crippen LogP contribution in [0.4, 0.5) is 9.18 Å². The average molecular weight is 401 g/mol. The first-order valence-electron chi connectivity index (χ1n) is 10.1. The van der Waals surface area contributed by atoms with E-state index in [0.717, 1.165) is 35.4 Å². The lowest BCUT2D eigenvalue weighted by atomic mass is 10.1. The van der Waals surface area contributed by atoms with Gasteiger partial charge < -0.3 is 24.8 Å². The zero-order valence-electron chi connectivity index (χ0n) is 17.2. The number of piperazine rings is 1. The van der Waals surface area contributed by atoms with Crippen molar-refractivity contribution < 1.29 is 13.9 Å². The van der Waals surface area contributed by atoms with E-state index >= 15 is 0 Å². The highest BCUT2D eigenvalue weighted by molar-refractivity contribution is 5.84. The molecule has 0 saturated carbocycles. The van der Waals surface area contributed by atoms with E-state index < -0.39 is 5.60 Å². The van der Waals surface area contributed by atoms with E-state index in [1.807, 2.05) is 27.0 Å². The second kappa shape index (κ2) is 7.57. The number of H-pyrrole nitrogens is 1. The van der Waals surface area contributed by atoms with Crippen LogP contribution in [0.3, 0.4) is 0 Å². The quantitative estimate of drug-likeness (QED) is 0.830. The predicted octanol–water partition coefficient (Wildman–Crippen LogP) is 2.73. The molecule has 2 aliphatic rings. The molecule has 0 radical (unpaired) electrons. The molecule has 2 aliphatic heterocycles. The Morgan fingerprint density at radius 2 is 2.21 bits per heavy atom. The number of nitrogens with one attached hydrogen (secondary N) is 2. The molecule has 1 unspecified atom stereocenters. The van der Waals surface area contributed by atoms with E-state index in [4.69, 9.17) is 4.74 Å². The largest absolute Gasteiger partial charge is 0.444 e. The summed E-state index contributed by atoms with van der Waals surface area (Å²) in [5, 5.41) is 4.33. The molecule has 7 nitrogen and oxygen atoms in total. The van der Waals surface area contributed by atoms with Crippen LogP contribution in [0.25, 0.3) is 10.9 Å². The van der Waals surface area contributed by atoms with E-state index in [0.29, 0.717) is 26.2 Å². The first-order chi connectivity index (χ1) is 13.8. The smallest absolute Gasteiger partial charge is 0.410 e. The van der Waals surface area contributed by atoms with Gasteiger partial charge in [-0.2, -0.15) is 0 Å². The van der Waals surface area contributed by atoms with Gasteiger partial charge >= 0.3 is 6.09 Å². The number of nitrogens with zero attached hydrogens (tertiary/aromatic N) is 3. The molecule has 1 atom stereocenters. The van der Waals surface area contributed by atoms with Crippen LogP contribution in [0, 0.1) is 5.82 Å². The normalized spacial score (nSPS) is 19.3. The Morgan fingerprint density at radius 3 is 3.00 bits per heavy atom. The Kier molecular flexibility index (Phi) is 5.10. The number of aliphatic imine (C=N–C) groups is 1. The molecule has 4 rings (SSSR count). The highest BCUT2D eigenvalue weighted by atomic mass is 19.1. The number of hydrogen-bond acceptors (Lipinski definition) is 5. The van der Waals surface area contributed by atoms with Crippen LogP contribution in [0.15, 0.2) is 29.4 Å². The Hall–Kier alpha value is -2.77.